The van der Waals surface area contributed by atoms with Crippen molar-refractivity contribution in [2.75, 3.05) is 69.0 Å². The Balaban J connectivity index is 0.000000229. The van der Waals surface area contributed by atoms with E-state index in [1.807, 2.05) is 99.3 Å². The number of aromatic nitrogens is 4. The molecule has 1 aliphatic carbocycles. The molecule has 1 saturated carbocycles. The van der Waals surface area contributed by atoms with Crippen molar-refractivity contribution in [1.82, 2.24) is 29.7 Å². The normalized spacial score (nSPS) is 13.6. The second-order valence-corrected chi connectivity index (χ2v) is 23.0. The Labute approximate surface area is 510 Å². The number of hydrogen-bond donors (Lipinski definition) is 6. The van der Waals surface area contributed by atoms with Crippen LogP contribution in [0.15, 0.2) is 127 Å². The number of fused-ring (bicyclic) bond motifs is 2. The zero-order valence-electron chi connectivity index (χ0n) is 49.7. The summed E-state index contributed by atoms with van der Waals surface area (Å²) in [6, 6.07) is 38.1. The van der Waals surface area contributed by atoms with E-state index in [0.717, 1.165) is 79.2 Å². The topological polar surface area (TPSA) is 190 Å². The number of halogens is 5. The lowest BCUT2D eigenvalue weighted by Crippen LogP contribution is -2.29. The van der Waals surface area contributed by atoms with Crippen LogP contribution in [-0.4, -0.2) is 123 Å². The van der Waals surface area contributed by atoms with E-state index >= 15 is 0 Å². The van der Waals surface area contributed by atoms with Crippen molar-refractivity contribution in [2.24, 2.45) is 5.92 Å². The molecular weight excluding hydrogens is 1140 g/mol. The summed E-state index contributed by atoms with van der Waals surface area (Å²) in [5, 5.41) is 45.0. The van der Waals surface area contributed by atoms with E-state index in [4.69, 9.17) is 21.6 Å². The molecule has 8 aromatic rings. The van der Waals surface area contributed by atoms with Crippen molar-refractivity contribution in [2.45, 2.75) is 110 Å². The van der Waals surface area contributed by atoms with E-state index < -0.39 is 12.2 Å². The summed E-state index contributed by atoms with van der Waals surface area (Å²) in [6.07, 6.45) is 2.16. The zero-order valence-corrected chi connectivity index (χ0v) is 50.5. The number of aliphatic hydroxyl groups excluding tert-OH is 4. The van der Waals surface area contributed by atoms with E-state index in [9.17, 15) is 47.6 Å². The Kier molecular flexibility index (Phi) is 23.5. The lowest BCUT2D eigenvalue weighted by atomic mass is 9.89. The van der Waals surface area contributed by atoms with Crippen molar-refractivity contribution in [1.29, 1.82) is 0 Å². The standard InChI is InChI=1S/C36H43F3N4O4.C31H36ClFN4O3/c1-25(46)21-32(40-23-26-5-3-2-4-6-26)29-11-16-34-33(22-29)41-35(28-9-12-30(13-10-28)42(17-19-44)18-20-45)43(34)24-27-7-14-31(15-8-27)47-36(37,38)39;1-20(2)34-28(16-21(3)40)24-7-11-30-29(18-24)35-31(37(30)19-22-4-10-27(33)26(32)17-22)23-5-8-25(9-6-23)36(12-14-38)13-15-39/h7-16,22,26,32,40,44-45H,2-6,17-21,23-24H2,1H3;4-11,17-18,20,28,34,38-39H,12-16,19H2,1-3H3. The average molecular weight is 1220 g/mol. The fourth-order valence-electron chi connectivity index (χ4n) is 11.4. The number of anilines is 2. The average Bonchev–Trinajstić information content (AvgIpc) is 2.16. The van der Waals surface area contributed by atoms with E-state index in [1.165, 1.54) is 50.3 Å². The number of rotatable bonds is 28. The minimum absolute atomic E-state index is 0.0175. The minimum Gasteiger partial charge on any atom is -0.406 e. The van der Waals surface area contributed by atoms with Gasteiger partial charge in [-0.2, -0.15) is 0 Å². The number of benzene rings is 6. The number of nitrogens with zero attached hydrogens (tertiary/aromatic N) is 6. The van der Waals surface area contributed by atoms with Gasteiger partial charge in [0.15, 0.2) is 0 Å². The number of alkyl halides is 3. The second kappa shape index (κ2) is 31.1. The quantitative estimate of drug-likeness (QED) is 0.0254. The van der Waals surface area contributed by atoms with Crippen molar-refractivity contribution >= 4 is 56.6 Å². The van der Waals surface area contributed by atoms with E-state index in [0.29, 0.717) is 63.9 Å². The van der Waals surface area contributed by atoms with Crippen molar-refractivity contribution < 1.29 is 52.3 Å². The molecule has 0 radical (unpaired) electrons. The highest BCUT2D eigenvalue weighted by molar-refractivity contribution is 6.30. The molecule has 9 rings (SSSR count). The van der Waals surface area contributed by atoms with Crippen LogP contribution >= 0.6 is 11.6 Å². The number of hydrogen-bond acceptors (Lipinski definition) is 13. The van der Waals surface area contributed by atoms with Gasteiger partial charge in [-0.3, -0.25) is 9.59 Å². The van der Waals surface area contributed by atoms with Crippen molar-refractivity contribution in [3.05, 3.63) is 160 Å². The van der Waals surface area contributed by atoms with Crippen molar-refractivity contribution in [3.63, 3.8) is 0 Å². The molecule has 2 aromatic heterocycles. The van der Waals surface area contributed by atoms with Crippen LogP contribution in [0.25, 0.3) is 44.8 Å². The first-order valence-corrected chi connectivity index (χ1v) is 30.1. The summed E-state index contributed by atoms with van der Waals surface area (Å²) in [7, 11) is 0. The third-order valence-electron chi connectivity index (χ3n) is 15.5. The molecule has 0 aliphatic heterocycles. The van der Waals surface area contributed by atoms with Gasteiger partial charge in [0.05, 0.1) is 53.5 Å². The van der Waals surface area contributed by atoms with Crippen LogP contribution in [0.3, 0.4) is 0 Å². The number of carbonyl (C=O) groups excluding carboxylic acids is 2. The monoisotopic (exact) mass is 1220 g/mol. The summed E-state index contributed by atoms with van der Waals surface area (Å²) < 4.78 is 60.3. The number of Topliss-reactive ketones (excluding diaryl/α,β-unsaturated/α-hetero) is 2. The molecule has 6 N–H and O–H groups in total. The fraction of sp³-hybridized carbons (Fsp3) is 0.403. The van der Waals surface area contributed by atoms with Gasteiger partial charge < -0.3 is 54.7 Å². The maximum atomic E-state index is 13.9. The van der Waals surface area contributed by atoms with Gasteiger partial charge in [0.2, 0.25) is 0 Å². The van der Waals surface area contributed by atoms with Crippen LogP contribution in [0, 0.1) is 11.7 Å². The molecule has 1 fully saturated rings. The Morgan fingerprint density at radius 1 is 0.632 bits per heavy atom. The van der Waals surface area contributed by atoms with Gasteiger partial charge in [0.1, 0.15) is 34.8 Å². The number of aliphatic hydroxyl groups is 4. The predicted octanol–water partition coefficient (Wildman–Crippen LogP) is 12.0. The van der Waals surface area contributed by atoms with Gasteiger partial charge in [0, 0.05) is 92.7 Å². The molecule has 6 aromatic carbocycles. The number of ether oxygens (including phenoxy) is 1. The van der Waals surface area contributed by atoms with Crippen LogP contribution in [0.5, 0.6) is 5.75 Å². The highest BCUT2D eigenvalue weighted by Gasteiger charge is 2.31. The molecule has 0 spiro atoms. The van der Waals surface area contributed by atoms with Crippen LogP contribution in [0.4, 0.5) is 28.9 Å². The Morgan fingerprint density at radius 2 is 1.09 bits per heavy atom. The Bertz CT molecular complexity index is 3510. The summed E-state index contributed by atoms with van der Waals surface area (Å²) in [5.41, 5.74) is 10.3. The SMILES string of the molecule is CC(=O)CC(NC(C)C)c1ccc2c(c1)nc(-c1ccc(N(CCO)CCO)cc1)n2Cc1ccc(F)c(Cl)c1.CC(=O)CC(NCC1CCCCC1)c1ccc2c(c1)nc(-c1ccc(N(CCO)CCO)cc1)n2Cc1ccc(OC(F)(F)F)cc1. The van der Waals surface area contributed by atoms with E-state index in [2.05, 4.69) is 33.8 Å². The van der Waals surface area contributed by atoms with Crippen LogP contribution < -0.4 is 25.2 Å². The van der Waals surface area contributed by atoms with E-state index in [1.54, 1.807) is 38.1 Å². The summed E-state index contributed by atoms with van der Waals surface area (Å²) in [6.45, 7) is 10.4. The first-order chi connectivity index (χ1) is 41.8. The van der Waals surface area contributed by atoms with Gasteiger partial charge in [-0.15, -0.1) is 13.2 Å². The molecular formula is C67H79ClF4N8O7. The maximum Gasteiger partial charge on any atom is 0.573 e. The molecule has 2 heterocycles. The Hall–Kier alpha value is -7.23. The molecule has 2 atom stereocenters. The third-order valence-corrected chi connectivity index (χ3v) is 15.8. The molecule has 1 aliphatic rings. The first-order valence-electron chi connectivity index (χ1n) is 29.7. The molecule has 87 heavy (non-hydrogen) atoms. The Morgan fingerprint density at radius 3 is 1.54 bits per heavy atom. The highest BCUT2D eigenvalue weighted by atomic mass is 35.5. The summed E-state index contributed by atoms with van der Waals surface area (Å²) in [5.74, 6) is 1.47. The first kappa shape index (κ1) is 65.7. The second-order valence-electron chi connectivity index (χ2n) is 22.6. The number of carbonyl (C=O) groups is 2. The molecule has 20 heteroatoms. The smallest absolute Gasteiger partial charge is 0.406 e. The predicted molar refractivity (Wildman–Crippen MR) is 335 cm³/mol. The van der Waals surface area contributed by atoms with Crippen molar-refractivity contribution in [3.8, 4) is 28.5 Å². The van der Waals surface area contributed by atoms with Crippen LogP contribution in [-0.2, 0) is 22.7 Å². The van der Waals surface area contributed by atoms with Crippen LogP contribution in [0.2, 0.25) is 5.02 Å². The minimum atomic E-state index is -4.77. The molecule has 15 nitrogen and oxygen atoms in total. The van der Waals surface area contributed by atoms with Crippen LogP contribution in [0.1, 0.15) is 107 Å². The van der Waals surface area contributed by atoms with Gasteiger partial charge >= 0.3 is 6.36 Å². The lowest BCUT2D eigenvalue weighted by molar-refractivity contribution is -0.274. The molecule has 0 amide bonds. The van der Waals surface area contributed by atoms with Gasteiger partial charge in [0.25, 0.3) is 0 Å². The maximum absolute atomic E-state index is 13.9. The molecule has 0 saturated heterocycles. The number of ketones is 2. The fourth-order valence-corrected chi connectivity index (χ4v) is 11.6. The van der Waals surface area contributed by atoms with Gasteiger partial charge in [-0.05, 0) is 158 Å². The summed E-state index contributed by atoms with van der Waals surface area (Å²) in [4.78, 5) is 38.1. The lowest BCUT2D eigenvalue weighted by Gasteiger charge is -2.25. The zero-order chi connectivity index (χ0) is 62.2. The highest BCUT2D eigenvalue weighted by Crippen LogP contribution is 2.34. The number of imidazole rings is 2. The van der Waals surface area contributed by atoms with Gasteiger partial charge in [-0.1, -0.05) is 75.0 Å². The third kappa shape index (κ3) is 18.2. The molecule has 2 unspecified atom stereocenters. The van der Waals surface area contributed by atoms with Gasteiger partial charge in [-0.25, -0.2) is 14.4 Å². The largest absolute Gasteiger partial charge is 0.573 e. The van der Waals surface area contributed by atoms with E-state index in [-0.39, 0.29) is 66.9 Å². The molecule has 0 bridgehead atoms. The summed E-state index contributed by atoms with van der Waals surface area (Å²) >= 11 is 6.09. The molecule has 464 valence electrons. The number of nitrogens with one attached hydrogen (secondary N) is 2.